The number of aliphatic imine (C=N–C) groups is 1. The van der Waals surface area contributed by atoms with E-state index in [2.05, 4.69) is 39.7 Å². The molecule has 170 valence electrons. The minimum absolute atomic E-state index is 0. The number of hydrogen-bond donors (Lipinski definition) is 3. The standard InChI is InChI=1S/C21H41N5O2.HI/c1-17(2)14-19(26-10-12-28-13-11-26)16-25-21(22-3)24-9-8-23-20(27)15-18-6-4-5-7-18;/h17-19H,4-16H2,1-3H3,(H,23,27)(H2,22,24,25);1H. The van der Waals surface area contributed by atoms with Gasteiger partial charge in [-0.3, -0.25) is 14.7 Å². The van der Waals surface area contributed by atoms with E-state index in [9.17, 15) is 4.79 Å². The Kier molecular flexibility index (Phi) is 13.9. The third kappa shape index (κ3) is 10.8. The summed E-state index contributed by atoms with van der Waals surface area (Å²) >= 11 is 0. The van der Waals surface area contributed by atoms with Gasteiger partial charge in [0.15, 0.2) is 5.96 Å². The molecule has 2 fully saturated rings. The molecule has 1 unspecified atom stereocenters. The van der Waals surface area contributed by atoms with Gasteiger partial charge in [-0.25, -0.2) is 0 Å². The summed E-state index contributed by atoms with van der Waals surface area (Å²) in [6.45, 7) is 10.4. The van der Waals surface area contributed by atoms with Crippen LogP contribution >= 0.6 is 24.0 Å². The van der Waals surface area contributed by atoms with E-state index in [1.54, 1.807) is 7.05 Å². The second-order valence-corrected chi connectivity index (χ2v) is 8.52. The molecular formula is C21H42IN5O2. The average molecular weight is 524 g/mol. The van der Waals surface area contributed by atoms with Crippen LogP contribution in [0.1, 0.15) is 52.4 Å². The average Bonchev–Trinajstić information content (AvgIpc) is 3.19. The molecule has 0 spiro atoms. The van der Waals surface area contributed by atoms with Gasteiger partial charge < -0.3 is 20.7 Å². The van der Waals surface area contributed by atoms with Crippen molar-refractivity contribution in [3.05, 3.63) is 0 Å². The van der Waals surface area contributed by atoms with Crippen LogP contribution in [-0.2, 0) is 9.53 Å². The van der Waals surface area contributed by atoms with Crippen LogP contribution in [-0.4, -0.2) is 75.8 Å². The van der Waals surface area contributed by atoms with Gasteiger partial charge in [0.2, 0.25) is 5.91 Å². The van der Waals surface area contributed by atoms with Crippen LogP contribution in [0, 0.1) is 11.8 Å². The molecule has 0 aromatic rings. The maximum absolute atomic E-state index is 12.0. The normalized spacial score (nSPS) is 19.7. The van der Waals surface area contributed by atoms with Gasteiger partial charge in [-0.05, 0) is 31.1 Å². The Hall–Kier alpha value is -0.610. The van der Waals surface area contributed by atoms with E-state index in [-0.39, 0.29) is 29.9 Å². The van der Waals surface area contributed by atoms with Crippen LogP contribution in [0.25, 0.3) is 0 Å². The monoisotopic (exact) mass is 523 g/mol. The van der Waals surface area contributed by atoms with Crippen molar-refractivity contribution < 1.29 is 9.53 Å². The largest absolute Gasteiger partial charge is 0.379 e. The lowest BCUT2D eigenvalue weighted by atomic mass is 10.0. The molecule has 3 N–H and O–H groups in total. The number of carbonyl (C=O) groups is 1. The molecule has 2 rings (SSSR count). The first-order chi connectivity index (χ1) is 13.6. The molecule has 1 aliphatic heterocycles. The number of hydrogen-bond acceptors (Lipinski definition) is 4. The summed E-state index contributed by atoms with van der Waals surface area (Å²) in [7, 11) is 1.79. The molecule has 2 aliphatic rings. The van der Waals surface area contributed by atoms with Crippen LogP contribution in [0.3, 0.4) is 0 Å². The quantitative estimate of drug-likeness (QED) is 0.177. The first-order valence-corrected chi connectivity index (χ1v) is 11.1. The SMILES string of the molecule is CN=C(NCCNC(=O)CC1CCCC1)NCC(CC(C)C)N1CCOCC1.I. The van der Waals surface area contributed by atoms with Crippen molar-refractivity contribution in [2.24, 2.45) is 16.8 Å². The lowest BCUT2D eigenvalue weighted by molar-refractivity contribution is -0.121. The topological polar surface area (TPSA) is 78.0 Å². The van der Waals surface area contributed by atoms with Gasteiger partial charge in [0.05, 0.1) is 13.2 Å². The van der Waals surface area contributed by atoms with Crippen LogP contribution in [0.15, 0.2) is 4.99 Å². The van der Waals surface area contributed by atoms with Gasteiger partial charge in [0.25, 0.3) is 0 Å². The smallest absolute Gasteiger partial charge is 0.220 e. The highest BCUT2D eigenvalue weighted by molar-refractivity contribution is 14.0. The van der Waals surface area contributed by atoms with Crippen molar-refractivity contribution in [1.82, 2.24) is 20.9 Å². The number of ether oxygens (including phenoxy) is 1. The number of halogens is 1. The number of nitrogens with one attached hydrogen (secondary N) is 3. The van der Waals surface area contributed by atoms with E-state index < -0.39 is 0 Å². The van der Waals surface area contributed by atoms with E-state index in [0.717, 1.165) is 45.2 Å². The number of nitrogens with zero attached hydrogens (tertiary/aromatic N) is 2. The maximum atomic E-state index is 12.0. The fourth-order valence-corrected chi connectivity index (χ4v) is 4.22. The summed E-state index contributed by atoms with van der Waals surface area (Å²) < 4.78 is 5.50. The fourth-order valence-electron chi connectivity index (χ4n) is 4.22. The zero-order valence-electron chi connectivity index (χ0n) is 18.5. The Balaban J connectivity index is 0.00000420. The molecule has 0 radical (unpaired) electrons. The molecule has 0 aromatic carbocycles. The minimum Gasteiger partial charge on any atom is -0.379 e. The van der Waals surface area contributed by atoms with Crippen LogP contribution in [0.5, 0.6) is 0 Å². The highest BCUT2D eigenvalue weighted by atomic mass is 127. The molecular weight excluding hydrogens is 481 g/mol. The molecule has 8 heteroatoms. The van der Waals surface area contributed by atoms with Crippen molar-refractivity contribution in [1.29, 1.82) is 0 Å². The van der Waals surface area contributed by atoms with Gasteiger partial charge in [0, 0.05) is 52.2 Å². The molecule has 0 bridgehead atoms. The lowest BCUT2D eigenvalue weighted by Crippen LogP contribution is -2.51. The lowest BCUT2D eigenvalue weighted by Gasteiger charge is -2.35. The zero-order valence-corrected chi connectivity index (χ0v) is 20.9. The van der Waals surface area contributed by atoms with Crippen LogP contribution in [0.2, 0.25) is 0 Å². The van der Waals surface area contributed by atoms with E-state index >= 15 is 0 Å². The predicted molar refractivity (Wildman–Crippen MR) is 130 cm³/mol. The van der Waals surface area contributed by atoms with E-state index in [0.29, 0.717) is 37.4 Å². The molecule has 1 heterocycles. The third-order valence-electron chi connectivity index (χ3n) is 5.72. The molecule has 1 saturated heterocycles. The molecule has 0 aromatic heterocycles. The number of amides is 1. The Morgan fingerprint density at radius 3 is 2.38 bits per heavy atom. The number of rotatable bonds is 10. The number of guanidine groups is 1. The highest BCUT2D eigenvalue weighted by Gasteiger charge is 2.22. The van der Waals surface area contributed by atoms with E-state index in [1.165, 1.54) is 25.7 Å². The van der Waals surface area contributed by atoms with Crippen molar-refractivity contribution in [2.45, 2.75) is 58.4 Å². The summed E-state index contributed by atoms with van der Waals surface area (Å²) in [6.07, 6.45) is 6.82. The third-order valence-corrected chi connectivity index (χ3v) is 5.72. The van der Waals surface area contributed by atoms with E-state index in [4.69, 9.17) is 4.74 Å². The second kappa shape index (κ2) is 15.2. The number of morpholine rings is 1. The highest BCUT2D eigenvalue weighted by Crippen LogP contribution is 2.27. The molecule has 1 amide bonds. The molecule has 29 heavy (non-hydrogen) atoms. The Labute approximate surface area is 194 Å². The molecule has 1 aliphatic carbocycles. The van der Waals surface area contributed by atoms with Crippen molar-refractivity contribution >= 4 is 35.8 Å². The zero-order chi connectivity index (χ0) is 20.2. The van der Waals surface area contributed by atoms with Gasteiger partial charge in [-0.2, -0.15) is 0 Å². The molecule has 1 atom stereocenters. The summed E-state index contributed by atoms with van der Waals surface area (Å²) in [5.41, 5.74) is 0. The summed E-state index contributed by atoms with van der Waals surface area (Å²) in [5, 5.41) is 9.80. The second-order valence-electron chi connectivity index (χ2n) is 8.52. The van der Waals surface area contributed by atoms with E-state index in [1.807, 2.05) is 0 Å². The van der Waals surface area contributed by atoms with Crippen LogP contribution in [0.4, 0.5) is 0 Å². The minimum atomic E-state index is 0. The van der Waals surface area contributed by atoms with Crippen LogP contribution < -0.4 is 16.0 Å². The molecule has 7 nitrogen and oxygen atoms in total. The molecule has 1 saturated carbocycles. The van der Waals surface area contributed by atoms with Gasteiger partial charge in [0.1, 0.15) is 0 Å². The Morgan fingerprint density at radius 1 is 1.10 bits per heavy atom. The summed E-state index contributed by atoms with van der Waals surface area (Å²) in [4.78, 5) is 18.8. The fraction of sp³-hybridized carbons (Fsp3) is 0.905. The summed E-state index contributed by atoms with van der Waals surface area (Å²) in [5.74, 6) is 2.23. The summed E-state index contributed by atoms with van der Waals surface area (Å²) in [6, 6.07) is 0.480. The predicted octanol–water partition coefficient (Wildman–Crippen LogP) is 2.21. The van der Waals surface area contributed by atoms with Gasteiger partial charge in [-0.15, -0.1) is 24.0 Å². The first-order valence-electron chi connectivity index (χ1n) is 11.1. The number of carbonyl (C=O) groups excluding carboxylic acids is 1. The van der Waals surface area contributed by atoms with Crippen molar-refractivity contribution in [3.63, 3.8) is 0 Å². The van der Waals surface area contributed by atoms with Gasteiger partial charge >= 0.3 is 0 Å². The maximum Gasteiger partial charge on any atom is 0.220 e. The van der Waals surface area contributed by atoms with Crippen molar-refractivity contribution in [2.75, 3.05) is 53.0 Å². The Morgan fingerprint density at radius 2 is 1.76 bits per heavy atom. The Bertz CT molecular complexity index is 478. The van der Waals surface area contributed by atoms with Crippen molar-refractivity contribution in [3.8, 4) is 0 Å². The first kappa shape index (κ1) is 26.4. The van der Waals surface area contributed by atoms with Gasteiger partial charge in [-0.1, -0.05) is 26.7 Å².